The first-order valence-electron chi connectivity index (χ1n) is 10.7. The van der Waals surface area contributed by atoms with Crippen molar-refractivity contribution in [1.29, 1.82) is 0 Å². The van der Waals surface area contributed by atoms with Gasteiger partial charge in [-0.15, -0.1) is 0 Å². The molecule has 0 bridgehead atoms. The van der Waals surface area contributed by atoms with Gasteiger partial charge in [0.1, 0.15) is 6.61 Å². The number of hydrogen-bond donors (Lipinski definition) is 0. The summed E-state index contributed by atoms with van der Waals surface area (Å²) in [4.78, 5) is 29.0. The first kappa shape index (κ1) is 24.6. The Balaban J connectivity index is 2.09. The number of carbonyl (C=O) groups excluding carboxylic acids is 2. The van der Waals surface area contributed by atoms with Crippen molar-refractivity contribution < 1.29 is 19.1 Å². The van der Waals surface area contributed by atoms with Crippen LogP contribution in [0.2, 0.25) is 0 Å². The van der Waals surface area contributed by atoms with Crippen LogP contribution in [0, 0.1) is 0 Å². The van der Waals surface area contributed by atoms with Crippen molar-refractivity contribution in [2.75, 3.05) is 40.5 Å². The topological polar surface area (TPSA) is 64.0 Å². The highest BCUT2D eigenvalue weighted by molar-refractivity contribution is 5.85. The summed E-state index contributed by atoms with van der Waals surface area (Å²) in [7, 11) is 3.10. The van der Waals surface area contributed by atoms with Crippen LogP contribution in [-0.4, -0.2) is 72.7 Å². The Hall–Kier alpha value is -2.64. The van der Waals surface area contributed by atoms with Gasteiger partial charge in [0.25, 0.3) is 0 Å². The zero-order valence-electron chi connectivity index (χ0n) is 19.1. The molecule has 0 saturated carbocycles. The Morgan fingerprint density at radius 1 is 1.00 bits per heavy atom. The van der Waals surface area contributed by atoms with Crippen molar-refractivity contribution in [2.24, 2.45) is 0 Å². The van der Waals surface area contributed by atoms with E-state index in [0.29, 0.717) is 26.1 Å². The Kier molecular flexibility index (Phi) is 10.3. The summed E-state index contributed by atoms with van der Waals surface area (Å²) < 4.78 is 12.2. The smallest absolute Gasteiger partial charge is 0.249 e. The molecule has 31 heavy (non-hydrogen) atoms. The fraction of sp³-hybridized carbons (Fsp3) is 0.500. The summed E-state index contributed by atoms with van der Waals surface area (Å²) in [5, 5.41) is 0. The van der Waals surface area contributed by atoms with Crippen LogP contribution in [0.4, 0.5) is 0 Å². The molecule has 0 N–H and O–H groups in total. The minimum absolute atomic E-state index is 0.00549. The maximum Gasteiger partial charge on any atom is 0.249 e. The molecule has 0 saturated heterocycles. The second kappa shape index (κ2) is 12.9. The van der Waals surface area contributed by atoms with Crippen molar-refractivity contribution in [3.05, 3.63) is 59.9 Å². The minimum atomic E-state index is -0.192. The van der Waals surface area contributed by atoms with E-state index >= 15 is 0 Å². The Labute approximate surface area is 185 Å². The monoisotopic (exact) mass is 429 g/mol. The molecule has 7 heteroatoms. The molecule has 2 rings (SSSR count). The number of methoxy groups -OCH3 is 2. The third-order valence-electron chi connectivity index (χ3n) is 5.12. The summed E-state index contributed by atoms with van der Waals surface area (Å²) in [6, 6.07) is 14.3. The molecule has 0 fully saturated rings. The fourth-order valence-electron chi connectivity index (χ4n) is 3.42. The van der Waals surface area contributed by atoms with Gasteiger partial charge in [-0.2, -0.15) is 0 Å². The van der Waals surface area contributed by atoms with Crippen molar-refractivity contribution >= 4 is 11.8 Å². The predicted octanol–water partition coefficient (Wildman–Crippen LogP) is 2.78. The molecule has 2 amide bonds. The number of aromatic nitrogens is 1. The van der Waals surface area contributed by atoms with Crippen LogP contribution in [0.5, 0.6) is 0 Å². The molecule has 0 aliphatic rings. The molecule has 0 radical (unpaired) electrons. The lowest BCUT2D eigenvalue weighted by Gasteiger charge is -2.30. The molecule has 0 aliphatic carbocycles. The molecule has 0 aliphatic heterocycles. The normalized spacial score (nSPS) is 11.0. The van der Waals surface area contributed by atoms with Crippen LogP contribution in [0.15, 0.2) is 48.7 Å². The van der Waals surface area contributed by atoms with Crippen LogP contribution in [0.25, 0.3) is 0 Å². The van der Waals surface area contributed by atoms with Gasteiger partial charge >= 0.3 is 0 Å². The molecule has 1 aromatic carbocycles. The molecule has 2 aromatic rings. The summed E-state index contributed by atoms with van der Waals surface area (Å²) >= 11 is 0. The van der Waals surface area contributed by atoms with Gasteiger partial charge in [0, 0.05) is 51.8 Å². The third kappa shape index (κ3) is 7.84. The minimum Gasteiger partial charge on any atom is -0.385 e. The fourth-order valence-corrected chi connectivity index (χ4v) is 3.42. The molecule has 0 atom stereocenters. The van der Waals surface area contributed by atoms with Crippen molar-refractivity contribution in [1.82, 2.24) is 14.4 Å². The maximum atomic E-state index is 13.2. The van der Waals surface area contributed by atoms with Gasteiger partial charge in [0.15, 0.2) is 0 Å². The average molecular weight is 430 g/mol. The lowest BCUT2D eigenvalue weighted by atomic mass is 10.2. The molecule has 0 spiro atoms. The van der Waals surface area contributed by atoms with E-state index in [9.17, 15) is 9.59 Å². The highest BCUT2D eigenvalue weighted by Gasteiger charge is 2.23. The second-order valence-electron chi connectivity index (χ2n) is 7.82. The van der Waals surface area contributed by atoms with Crippen LogP contribution in [0.1, 0.15) is 31.5 Å². The average Bonchev–Trinajstić information content (AvgIpc) is 3.18. The van der Waals surface area contributed by atoms with Crippen LogP contribution < -0.4 is 0 Å². The second-order valence-corrected chi connectivity index (χ2v) is 7.82. The van der Waals surface area contributed by atoms with Gasteiger partial charge in [-0.3, -0.25) is 9.59 Å². The maximum absolute atomic E-state index is 13.2. The van der Waals surface area contributed by atoms with Crippen LogP contribution in [0.3, 0.4) is 0 Å². The number of hydrogen-bond acceptors (Lipinski definition) is 4. The van der Waals surface area contributed by atoms with E-state index < -0.39 is 0 Å². The Morgan fingerprint density at radius 3 is 2.39 bits per heavy atom. The summed E-state index contributed by atoms with van der Waals surface area (Å²) in [5.74, 6) is -0.271. The highest BCUT2D eigenvalue weighted by Crippen LogP contribution is 2.13. The zero-order valence-corrected chi connectivity index (χ0v) is 19.1. The Bertz CT molecular complexity index is 804. The van der Waals surface area contributed by atoms with E-state index in [1.807, 2.05) is 55.3 Å². The van der Waals surface area contributed by atoms with Crippen molar-refractivity contribution in [3.63, 3.8) is 0 Å². The lowest BCUT2D eigenvalue weighted by Crippen LogP contribution is -2.46. The molecule has 0 unspecified atom stereocenters. The van der Waals surface area contributed by atoms with E-state index in [0.717, 1.165) is 12.2 Å². The quantitative estimate of drug-likeness (QED) is 0.460. The van der Waals surface area contributed by atoms with Gasteiger partial charge in [-0.25, -0.2) is 0 Å². The van der Waals surface area contributed by atoms with Gasteiger partial charge in [-0.1, -0.05) is 30.3 Å². The van der Waals surface area contributed by atoms with E-state index in [1.54, 1.807) is 12.0 Å². The molecule has 170 valence electrons. The largest absolute Gasteiger partial charge is 0.385 e. The standard InChI is InChI=1S/C24H35N3O4/c1-20(2)27(23(28)18-26(14-9-15-30-3)24(29)19-31-4)17-22-12-8-13-25(22)16-21-10-6-5-7-11-21/h5-8,10-13,20H,9,14-19H2,1-4H3. The number of nitrogens with zero attached hydrogens (tertiary/aromatic N) is 3. The number of benzene rings is 1. The molecule has 1 heterocycles. The van der Waals surface area contributed by atoms with Gasteiger partial charge < -0.3 is 23.8 Å². The summed E-state index contributed by atoms with van der Waals surface area (Å²) in [5.41, 5.74) is 2.26. The lowest BCUT2D eigenvalue weighted by molar-refractivity contribution is -0.144. The number of carbonyl (C=O) groups is 2. The predicted molar refractivity (Wildman–Crippen MR) is 121 cm³/mol. The highest BCUT2D eigenvalue weighted by atomic mass is 16.5. The van der Waals surface area contributed by atoms with E-state index in [-0.39, 0.29) is 31.0 Å². The van der Waals surface area contributed by atoms with Crippen molar-refractivity contribution in [2.45, 2.75) is 39.4 Å². The van der Waals surface area contributed by atoms with Gasteiger partial charge in [0.2, 0.25) is 11.8 Å². The summed E-state index contributed by atoms with van der Waals surface area (Å²) in [6.07, 6.45) is 2.70. The molecular weight excluding hydrogens is 394 g/mol. The van der Waals surface area contributed by atoms with Crippen LogP contribution >= 0.6 is 0 Å². The number of ether oxygens (including phenoxy) is 2. The van der Waals surface area contributed by atoms with Gasteiger partial charge in [0.05, 0.1) is 13.1 Å². The molecule has 7 nitrogen and oxygen atoms in total. The molecular formula is C24H35N3O4. The van der Waals surface area contributed by atoms with Crippen LogP contribution in [-0.2, 0) is 32.2 Å². The number of amides is 2. The van der Waals surface area contributed by atoms with E-state index in [2.05, 4.69) is 16.7 Å². The third-order valence-corrected chi connectivity index (χ3v) is 5.12. The van der Waals surface area contributed by atoms with Gasteiger partial charge in [-0.05, 0) is 38.0 Å². The first-order chi connectivity index (χ1) is 15.0. The molecule has 1 aromatic heterocycles. The van der Waals surface area contributed by atoms with Crippen molar-refractivity contribution in [3.8, 4) is 0 Å². The Morgan fingerprint density at radius 2 is 1.74 bits per heavy atom. The SMILES string of the molecule is COCCCN(CC(=O)N(Cc1cccn1Cc1ccccc1)C(C)C)C(=O)COC. The number of rotatable bonds is 13. The first-order valence-corrected chi connectivity index (χ1v) is 10.7. The summed E-state index contributed by atoms with van der Waals surface area (Å²) in [6.45, 7) is 6.21. The van der Waals surface area contributed by atoms with E-state index in [1.165, 1.54) is 12.7 Å². The van der Waals surface area contributed by atoms with E-state index in [4.69, 9.17) is 9.47 Å². The zero-order chi connectivity index (χ0) is 22.6.